The number of methoxy groups -OCH3 is 1. The highest BCUT2D eigenvalue weighted by molar-refractivity contribution is 7.16. The minimum atomic E-state index is -0.455. The number of hydrogen-bond acceptors (Lipinski definition) is 6. The van der Waals surface area contributed by atoms with Gasteiger partial charge in [-0.15, -0.1) is 11.3 Å². The SMILES string of the molecule is COc1cc([C@@H]2NC(=O)c3c(sc4c3CC[C@H](C)C4)N2)ccc1OC(=O)c1ccccc1. The highest BCUT2D eigenvalue weighted by Gasteiger charge is 2.33. The Balaban J connectivity index is 1.39. The van der Waals surface area contributed by atoms with E-state index in [-0.39, 0.29) is 12.1 Å². The predicted octanol–water partition coefficient (Wildman–Crippen LogP) is 4.95. The minimum Gasteiger partial charge on any atom is -0.493 e. The Morgan fingerprint density at radius 1 is 1.09 bits per heavy atom. The van der Waals surface area contributed by atoms with Gasteiger partial charge in [-0.05, 0) is 60.6 Å². The van der Waals surface area contributed by atoms with Crippen LogP contribution in [0.5, 0.6) is 11.5 Å². The Hall–Kier alpha value is -3.32. The van der Waals surface area contributed by atoms with Crippen molar-refractivity contribution in [2.24, 2.45) is 5.92 Å². The lowest BCUT2D eigenvalue weighted by Gasteiger charge is -2.27. The summed E-state index contributed by atoms with van der Waals surface area (Å²) in [6, 6.07) is 14.1. The summed E-state index contributed by atoms with van der Waals surface area (Å²) < 4.78 is 11.0. The minimum absolute atomic E-state index is 0.0469. The number of nitrogens with one attached hydrogen (secondary N) is 2. The van der Waals surface area contributed by atoms with Crippen molar-refractivity contribution in [3.05, 3.63) is 75.7 Å². The number of amides is 1. The molecule has 6 nitrogen and oxygen atoms in total. The van der Waals surface area contributed by atoms with Gasteiger partial charge < -0.3 is 20.1 Å². The van der Waals surface area contributed by atoms with Crippen molar-refractivity contribution < 1.29 is 19.1 Å². The molecule has 1 aliphatic carbocycles. The molecule has 32 heavy (non-hydrogen) atoms. The number of esters is 1. The van der Waals surface area contributed by atoms with E-state index in [2.05, 4.69) is 17.6 Å². The molecule has 0 fully saturated rings. The van der Waals surface area contributed by atoms with Crippen LogP contribution in [-0.2, 0) is 12.8 Å². The normalized spacial score (nSPS) is 19.2. The molecule has 5 rings (SSSR count). The second kappa shape index (κ2) is 8.31. The molecule has 2 N–H and O–H groups in total. The van der Waals surface area contributed by atoms with E-state index in [1.807, 2.05) is 12.1 Å². The molecule has 0 radical (unpaired) electrons. The summed E-state index contributed by atoms with van der Waals surface area (Å²) in [7, 11) is 1.53. The summed E-state index contributed by atoms with van der Waals surface area (Å²) in [5, 5.41) is 7.47. The molecule has 0 unspecified atom stereocenters. The van der Waals surface area contributed by atoms with Crippen molar-refractivity contribution in [2.45, 2.75) is 32.4 Å². The van der Waals surface area contributed by atoms with E-state index in [0.717, 1.165) is 35.4 Å². The van der Waals surface area contributed by atoms with Gasteiger partial charge in [0, 0.05) is 4.88 Å². The number of fused-ring (bicyclic) bond motifs is 3. The molecule has 1 amide bonds. The number of benzene rings is 2. The first kappa shape index (κ1) is 20.6. The molecule has 2 aliphatic rings. The first-order valence-corrected chi connectivity index (χ1v) is 11.5. The third-order valence-corrected chi connectivity index (χ3v) is 7.21. The molecule has 0 saturated heterocycles. The molecule has 0 spiro atoms. The zero-order chi connectivity index (χ0) is 22.2. The average molecular weight is 449 g/mol. The zero-order valence-electron chi connectivity index (χ0n) is 17.9. The molecule has 3 aromatic rings. The summed E-state index contributed by atoms with van der Waals surface area (Å²) in [5.41, 5.74) is 3.28. The summed E-state index contributed by atoms with van der Waals surface area (Å²) in [4.78, 5) is 26.7. The van der Waals surface area contributed by atoms with E-state index in [1.54, 1.807) is 47.7 Å². The molecule has 1 aromatic heterocycles. The Labute approximate surface area is 190 Å². The highest BCUT2D eigenvalue weighted by Crippen LogP contribution is 2.43. The van der Waals surface area contributed by atoms with Crippen molar-refractivity contribution >= 4 is 28.2 Å². The summed E-state index contributed by atoms with van der Waals surface area (Å²) >= 11 is 1.69. The van der Waals surface area contributed by atoms with E-state index >= 15 is 0 Å². The average Bonchev–Trinajstić information content (AvgIpc) is 3.17. The van der Waals surface area contributed by atoms with Gasteiger partial charge in [0.15, 0.2) is 11.5 Å². The van der Waals surface area contributed by atoms with Crippen LogP contribution < -0.4 is 20.1 Å². The van der Waals surface area contributed by atoms with Crippen molar-refractivity contribution in [3.63, 3.8) is 0 Å². The third-order valence-electron chi connectivity index (χ3n) is 6.02. The lowest BCUT2D eigenvalue weighted by Crippen LogP contribution is -2.38. The van der Waals surface area contributed by atoms with Crippen molar-refractivity contribution in [1.29, 1.82) is 0 Å². The lowest BCUT2D eigenvalue weighted by molar-refractivity contribution is 0.0729. The molecule has 0 bridgehead atoms. The number of anilines is 1. The van der Waals surface area contributed by atoms with Crippen LogP contribution in [0.3, 0.4) is 0 Å². The number of thiophene rings is 1. The highest BCUT2D eigenvalue weighted by atomic mass is 32.1. The molecule has 1 aliphatic heterocycles. The Morgan fingerprint density at radius 2 is 1.91 bits per heavy atom. The van der Waals surface area contributed by atoms with E-state index in [0.29, 0.717) is 23.0 Å². The zero-order valence-corrected chi connectivity index (χ0v) is 18.8. The number of carbonyl (C=O) groups is 2. The van der Waals surface area contributed by atoms with Crippen LogP contribution in [0, 0.1) is 5.92 Å². The van der Waals surface area contributed by atoms with Gasteiger partial charge >= 0.3 is 5.97 Å². The van der Waals surface area contributed by atoms with Gasteiger partial charge in [-0.25, -0.2) is 4.79 Å². The first-order chi connectivity index (χ1) is 15.5. The van der Waals surface area contributed by atoms with Crippen LogP contribution in [0.4, 0.5) is 5.00 Å². The van der Waals surface area contributed by atoms with Gasteiger partial charge in [0.05, 0.1) is 18.2 Å². The number of rotatable bonds is 4. The first-order valence-electron chi connectivity index (χ1n) is 10.7. The molecule has 2 aromatic carbocycles. The molecule has 2 heterocycles. The van der Waals surface area contributed by atoms with E-state index < -0.39 is 5.97 Å². The van der Waals surface area contributed by atoms with Gasteiger partial charge in [0.1, 0.15) is 11.2 Å². The van der Waals surface area contributed by atoms with Crippen LogP contribution in [0.25, 0.3) is 0 Å². The smallest absolute Gasteiger partial charge is 0.343 e. The quantitative estimate of drug-likeness (QED) is 0.436. The maximum Gasteiger partial charge on any atom is 0.343 e. The van der Waals surface area contributed by atoms with Crippen LogP contribution in [0.15, 0.2) is 48.5 Å². The molecular weight excluding hydrogens is 424 g/mol. The van der Waals surface area contributed by atoms with Crippen LogP contribution in [-0.4, -0.2) is 19.0 Å². The fourth-order valence-corrected chi connectivity index (χ4v) is 5.75. The van der Waals surface area contributed by atoms with Gasteiger partial charge in [-0.1, -0.05) is 31.2 Å². The number of carbonyl (C=O) groups excluding carboxylic acids is 2. The van der Waals surface area contributed by atoms with Crippen LogP contribution >= 0.6 is 11.3 Å². The van der Waals surface area contributed by atoms with Gasteiger partial charge in [0.2, 0.25) is 0 Å². The molecule has 164 valence electrons. The van der Waals surface area contributed by atoms with Crippen LogP contribution in [0.2, 0.25) is 0 Å². The van der Waals surface area contributed by atoms with Crippen molar-refractivity contribution in [2.75, 3.05) is 12.4 Å². The van der Waals surface area contributed by atoms with Gasteiger partial charge in [-0.2, -0.15) is 0 Å². The molecule has 0 saturated carbocycles. The summed E-state index contributed by atoms with van der Waals surface area (Å²) in [5.74, 6) is 0.899. The van der Waals surface area contributed by atoms with Gasteiger partial charge in [0.25, 0.3) is 5.91 Å². The Morgan fingerprint density at radius 3 is 2.69 bits per heavy atom. The second-order valence-electron chi connectivity index (χ2n) is 8.27. The monoisotopic (exact) mass is 448 g/mol. The summed E-state index contributed by atoms with van der Waals surface area (Å²) in [6.45, 7) is 2.26. The standard InChI is InChI=1S/C25H24N2O4S/c1-14-8-10-17-20(12-14)32-24-21(17)23(28)26-22(27-24)16-9-11-18(19(13-16)30-2)31-25(29)15-6-4-3-5-7-15/h3-7,9,11,13-14,22,27H,8,10,12H2,1-2H3,(H,26,28)/t14-,22+/m0/s1. The van der Waals surface area contributed by atoms with E-state index in [4.69, 9.17) is 9.47 Å². The maximum absolute atomic E-state index is 13.0. The second-order valence-corrected chi connectivity index (χ2v) is 9.38. The lowest BCUT2D eigenvalue weighted by atomic mass is 9.88. The predicted molar refractivity (Wildman–Crippen MR) is 124 cm³/mol. The maximum atomic E-state index is 13.0. The Kier molecular flexibility index (Phi) is 5.35. The number of ether oxygens (including phenoxy) is 2. The topological polar surface area (TPSA) is 76.7 Å². The van der Waals surface area contributed by atoms with E-state index in [9.17, 15) is 9.59 Å². The summed E-state index contributed by atoms with van der Waals surface area (Å²) in [6.07, 6.45) is 2.72. The van der Waals surface area contributed by atoms with Crippen LogP contribution in [0.1, 0.15) is 56.2 Å². The fraction of sp³-hybridized carbons (Fsp3) is 0.280. The molecular formula is C25H24N2O4S. The molecule has 2 atom stereocenters. The van der Waals surface area contributed by atoms with E-state index in [1.165, 1.54) is 17.6 Å². The fourth-order valence-electron chi connectivity index (χ4n) is 4.31. The number of hydrogen-bond donors (Lipinski definition) is 2. The largest absolute Gasteiger partial charge is 0.493 e. The third kappa shape index (κ3) is 3.73. The van der Waals surface area contributed by atoms with Crippen molar-refractivity contribution in [1.82, 2.24) is 5.32 Å². The van der Waals surface area contributed by atoms with Crippen molar-refractivity contribution in [3.8, 4) is 11.5 Å². The Bertz CT molecular complexity index is 1190. The molecule has 7 heteroatoms. The van der Waals surface area contributed by atoms with Gasteiger partial charge in [-0.3, -0.25) is 4.79 Å².